The highest BCUT2D eigenvalue weighted by atomic mass is 35.5. The molecular weight excluding hydrogens is 340 g/mol. The molecule has 0 aromatic heterocycles. The van der Waals surface area contributed by atoms with Crippen LogP contribution in [-0.4, -0.2) is 18.3 Å². The molecule has 23 heavy (non-hydrogen) atoms. The van der Waals surface area contributed by atoms with Gasteiger partial charge < -0.3 is 9.84 Å². The molecule has 0 aliphatic carbocycles. The summed E-state index contributed by atoms with van der Waals surface area (Å²) < 4.78 is 19.4. The second kappa shape index (κ2) is 7.65. The molecular formula is C17H14Cl2FNO2. The fourth-order valence-electron chi connectivity index (χ4n) is 2.41. The minimum absolute atomic E-state index is 0.0537. The normalized spacial score (nSPS) is 11.8. The van der Waals surface area contributed by atoms with E-state index in [1.54, 1.807) is 18.2 Å². The molecule has 0 aliphatic rings. The van der Waals surface area contributed by atoms with Crippen LogP contribution in [0, 0.1) is 17.1 Å². The highest BCUT2D eigenvalue weighted by Gasteiger charge is 2.19. The average molecular weight is 354 g/mol. The number of halogens is 3. The van der Waals surface area contributed by atoms with Crippen molar-refractivity contribution in [1.29, 1.82) is 5.26 Å². The van der Waals surface area contributed by atoms with Gasteiger partial charge in [0.1, 0.15) is 11.6 Å². The lowest BCUT2D eigenvalue weighted by atomic mass is 9.97. The Bertz CT molecular complexity index is 739. The molecule has 2 aromatic carbocycles. The number of aliphatic hydroxyl groups excluding tert-OH is 1. The van der Waals surface area contributed by atoms with Crippen LogP contribution in [0.1, 0.15) is 12.0 Å². The second-order valence-corrected chi connectivity index (χ2v) is 5.78. The lowest BCUT2D eigenvalue weighted by Crippen LogP contribution is -2.11. The van der Waals surface area contributed by atoms with Crippen molar-refractivity contribution < 1.29 is 14.2 Å². The van der Waals surface area contributed by atoms with E-state index < -0.39 is 11.9 Å². The summed E-state index contributed by atoms with van der Waals surface area (Å²) in [7, 11) is 1.45. The second-order valence-electron chi connectivity index (χ2n) is 4.96. The van der Waals surface area contributed by atoms with Crippen molar-refractivity contribution in [1.82, 2.24) is 0 Å². The van der Waals surface area contributed by atoms with Gasteiger partial charge in [-0.1, -0.05) is 29.3 Å². The number of aliphatic hydroxyl groups is 1. The van der Waals surface area contributed by atoms with Gasteiger partial charge in [-0.3, -0.25) is 0 Å². The summed E-state index contributed by atoms with van der Waals surface area (Å²) in [5.74, 6) is -0.130. The first-order valence-corrected chi connectivity index (χ1v) is 7.59. The molecule has 0 aliphatic heterocycles. The van der Waals surface area contributed by atoms with E-state index in [1.165, 1.54) is 19.2 Å². The predicted octanol–water partition coefficient (Wildman–Crippen LogP) is 4.63. The van der Waals surface area contributed by atoms with Crippen LogP contribution >= 0.6 is 23.2 Å². The Morgan fingerprint density at radius 1 is 1.30 bits per heavy atom. The summed E-state index contributed by atoms with van der Waals surface area (Å²) in [4.78, 5) is 0. The first kappa shape index (κ1) is 17.6. The van der Waals surface area contributed by atoms with Gasteiger partial charge >= 0.3 is 0 Å². The first-order chi connectivity index (χ1) is 11.0. The molecule has 1 atom stereocenters. The van der Waals surface area contributed by atoms with Gasteiger partial charge in [-0.15, -0.1) is 0 Å². The predicted molar refractivity (Wildman–Crippen MR) is 88.3 cm³/mol. The summed E-state index contributed by atoms with van der Waals surface area (Å²) in [6.07, 6.45) is -0.879. The summed E-state index contributed by atoms with van der Waals surface area (Å²) in [5, 5.41) is 19.2. The van der Waals surface area contributed by atoms with Gasteiger partial charge in [-0.2, -0.15) is 5.26 Å². The van der Waals surface area contributed by atoms with E-state index in [0.717, 1.165) is 0 Å². The number of ether oxygens (including phenoxy) is 1. The third-order valence-electron chi connectivity index (χ3n) is 3.35. The molecule has 6 heteroatoms. The van der Waals surface area contributed by atoms with E-state index in [0.29, 0.717) is 32.5 Å². The van der Waals surface area contributed by atoms with E-state index in [2.05, 4.69) is 0 Å². The maximum absolute atomic E-state index is 14.0. The number of methoxy groups -OCH3 is 1. The van der Waals surface area contributed by atoms with E-state index in [4.69, 9.17) is 33.2 Å². The Balaban J connectivity index is 2.61. The maximum Gasteiger partial charge on any atom is 0.130 e. The number of nitrogens with zero attached hydrogens (tertiary/aromatic N) is 1. The Kier molecular flexibility index (Phi) is 5.84. The molecule has 0 unspecified atom stereocenters. The molecule has 0 spiro atoms. The van der Waals surface area contributed by atoms with Crippen molar-refractivity contribution in [3.8, 4) is 22.9 Å². The van der Waals surface area contributed by atoms with Crippen molar-refractivity contribution in [3.63, 3.8) is 0 Å². The molecule has 0 saturated carbocycles. The number of nitriles is 1. The fourth-order valence-corrected chi connectivity index (χ4v) is 3.02. The van der Waals surface area contributed by atoms with Crippen molar-refractivity contribution in [2.75, 3.05) is 7.11 Å². The number of benzene rings is 2. The quantitative estimate of drug-likeness (QED) is 0.852. The monoisotopic (exact) mass is 353 g/mol. The highest BCUT2D eigenvalue weighted by molar-refractivity contribution is 6.39. The van der Waals surface area contributed by atoms with Crippen molar-refractivity contribution >= 4 is 23.2 Å². The molecule has 0 bridgehead atoms. The number of rotatable bonds is 5. The van der Waals surface area contributed by atoms with Crippen molar-refractivity contribution in [2.24, 2.45) is 0 Å². The van der Waals surface area contributed by atoms with Crippen LogP contribution in [0.15, 0.2) is 30.3 Å². The SMILES string of the molecule is COc1c(C[C@H](O)CC#N)cc(F)cc1-c1c(Cl)cccc1Cl. The summed E-state index contributed by atoms with van der Waals surface area (Å²) in [6.45, 7) is 0. The molecule has 2 rings (SSSR count). The molecule has 0 fully saturated rings. The molecule has 0 radical (unpaired) electrons. The first-order valence-electron chi connectivity index (χ1n) is 6.83. The Morgan fingerprint density at radius 3 is 2.52 bits per heavy atom. The largest absolute Gasteiger partial charge is 0.496 e. The molecule has 3 nitrogen and oxygen atoms in total. The zero-order chi connectivity index (χ0) is 17.0. The van der Waals surface area contributed by atoms with Gasteiger partial charge in [0.05, 0.1) is 35.7 Å². The minimum Gasteiger partial charge on any atom is -0.496 e. The molecule has 120 valence electrons. The van der Waals surface area contributed by atoms with Gasteiger partial charge in [0.2, 0.25) is 0 Å². The van der Waals surface area contributed by atoms with Crippen molar-refractivity contribution in [2.45, 2.75) is 18.9 Å². The van der Waals surface area contributed by atoms with Gasteiger partial charge in [-0.05, 0) is 24.3 Å². The van der Waals surface area contributed by atoms with E-state index in [-0.39, 0.29) is 12.8 Å². The number of hydrogen-bond donors (Lipinski definition) is 1. The van der Waals surface area contributed by atoms with E-state index >= 15 is 0 Å². The summed E-state index contributed by atoms with van der Waals surface area (Å²) >= 11 is 12.4. The molecule has 2 aromatic rings. The van der Waals surface area contributed by atoms with Crippen LogP contribution in [0.4, 0.5) is 4.39 Å². The average Bonchev–Trinajstić information content (AvgIpc) is 2.47. The fraction of sp³-hybridized carbons (Fsp3) is 0.235. The van der Waals surface area contributed by atoms with Gasteiger partial charge in [0, 0.05) is 23.1 Å². The smallest absolute Gasteiger partial charge is 0.130 e. The standard InChI is InChI=1S/C17H14Cl2FNO2/c1-23-17-10(8-12(22)5-6-21)7-11(20)9-13(17)16-14(18)3-2-4-15(16)19/h2-4,7,9,12,22H,5,8H2,1H3/t12-/m1/s1. The van der Waals surface area contributed by atoms with Crippen LogP contribution in [0.3, 0.4) is 0 Å². The van der Waals surface area contributed by atoms with Crippen LogP contribution in [-0.2, 0) is 6.42 Å². The lowest BCUT2D eigenvalue weighted by molar-refractivity contribution is 0.179. The van der Waals surface area contributed by atoms with Crippen LogP contribution in [0.25, 0.3) is 11.1 Å². The summed E-state index contributed by atoms with van der Waals surface area (Å²) in [5.41, 5.74) is 1.31. The lowest BCUT2D eigenvalue weighted by Gasteiger charge is -2.17. The maximum atomic E-state index is 14.0. The zero-order valence-electron chi connectivity index (χ0n) is 12.3. The van der Waals surface area contributed by atoms with Crippen LogP contribution in [0.2, 0.25) is 10.0 Å². The van der Waals surface area contributed by atoms with E-state index in [9.17, 15) is 9.50 Å². The third kappa shape index (κ3) is 3.94. The summed E-state index contributed by atoms with van der Waals surface area (Å²) in [6, 6.07) is 9.43. The molecule has 0 amide bonds. The van der Waals surface area contributed by atoms with E-state index in [1.807, 2.05) is 6.07 Å². The zero-order valence-corrected chi connectivity index (χ0v) is 13.8. The topological polar surface area (TPSA) is 53.2 Å². The van der Waals surface area contributed by atoms with Gasteiger partial charge in [-0.25, -0.2) is 4.39 Å². The van der Waals surface area contributed by atoms with Crippen molar-refractivity contribution in [3.05, 3.63) is 51.8 Å². The van der Waals surface area contributed by atoms with Gasteiger partial charge in [0.25, 0.3) is 0 Å². The Labute approximate surface area is 143 Å². The minimum atomic E-state index is -0.912. The highest BCUT2D eigenvalue weighted by Crippen LogP contribution is 2.42. The van der Waals surface area contributed by atoms with Gasteiger partial charge in [0.15, 0.2) is 0 Å². The Morgan fingerprint density at radius 2 is 1.96 bits per heavy atom. The molecule has 0 heterocycles. The Hall–Kier alpha value is -1.80. The molecule has 0 saturated heterocycles. The molecule has 1 N–H and O–H groups in total. The van der Waals surface area contributed by atoms with Crippen LogP contribution in [0.5, 0.6) is 5.75 Å². The number of hydrogen-bond acceptors (Lipinski definition) is 3. The van der Waals surface area contributed by atoms with Crippen LogP contribution < -0.4 is 4.74 Å². The third-order valence-corrected chi connectivity index (χ3v) is 3.98.